The Kier molecular flexibility index (Phi) is 27.3. The normalized spacial score (nSPS) is 19.0. The summed E-state index contributed by atoms with van der Waals surface area (Å²) >= 11 is 0. The Morgan fingerprint density at radius 1 is 0.691 bits per heavy atom. The van der Waals surface area contributed by atoms with E-state index in [1.807, 2.05) is 9.48 Å². The van der Waals surface area contributed by atoms with Crippen molar-refractivity contribution in [3.63, 3.8) is 0 Å². The van der Waals surface area contributed by atoms with Gasteiger partial charge in [0, 0.05) is 72.5 Å². The molecule has 2 aromatic carbocycles. The molecule has 1 N–H and O–H groups in total. The topological polar surface area (TPSA) is 300 Å². The van der Waals surface area contributed by atoms with Gasteiger partial charge in [-0.2, -0.15) is 4.58 Å². The zero-order chi connectivity index (χ0) is 48.3. The average Bonchev–Trinajstić information content (AvgIpc) is 3.56. The van der Waals surface area contributed by atoms with Crippen LogP contribution in [0, 0.1) is 0 Å². The zero-order valence-corrected chi connectivity index (χ0v) is 48.6. The SMILES string of the molecule is COCCOCCOCCN1/C(=C/C=C/C=C/C2=[N+](CCCCCC(=O)O)c3ccc(S(=O)(=O)[O-])cc3C2(C)CCCS(=O)(=O)[O-])C(C)(CCCS(=O)(=O)[O-])c2cc(S(=O)(=O)[O-])ccc21.[Na+].[Na+].[Na+]. The van der Waals surface area contributed by atoms with Gasteiger partial charge in [-0.05, 0) is 94.3 Å². The van der Waals surface area contributed by atoms with E-state index >= 15 is 0 Å². The molecule has 0 aromatic heterocycles. The van der Waals surface area contributed by atoms with Crippen LogP contribution >= 0.6 is 0 Å². The minimum absolute atomic E-state index is 0. The van der Waals surface area contributed by atoms with E-state index in [1.54, 1.807) is 51.3 Å². The number of hydrogen-bond acceptors (Lipinski definition) is 17. The average molecular weight is 1060 g/mol. The largest absolute Gasteiger partial charge is 1.00 e. The smallest absolute Gasteiger partial charge is 0.748 e. The Bertz CT molecular complexity index is 2630. The van der Waals surface area contributed by atoms with Crippen LogP contribution in [0.15, 0.2) is 82.3 Å². The number of carbonyl (C=O) groups is 1. The van der Waals surface area contributed by atoms with Crippen molar-refractivity contribution in [2.45, 2.75) is 85.8 Å². The number of carboxylic acids is 1. The number of rotatable bonds is 28. The molecule has 0 radical (unpaired) electrons. The molecule has 2 aromatic rings. The summed E-state index contributed by atoms with van der Waals surface area (Å²) in [5.41, 5.74) is 0.749. The maximum absolute atomic E-state index is 12.2. The molecule has 2 aliphatic rings. The molecule has 0 bridgehead atoms. The molecule has 362 valence electrons. The van der Waals surface area contributed by atoms with E-state index < -0.39 is 78.6 Å². The Balaban J connectivity index is 0.00000771. The number of nitrogens with zero attached hydrogens (tertiary/aromatic N) is 2. The Morgan fingerprint density at radius 2 is 1.24 bits per heavy atom. The Labute approximate surface area is 466 Å². The van der Waals surface area contributed by atoms with Crippen molar-refractivity contribution in [1.29, 1.82) is 0 Å². The van der Waals surface area contributed by atoms with E-state index in [2.05, 4.69) is 0 Å². The van der Waals surface area contributed by atoms with Crippen LogP contribution in [0.4, 0.5) is 11.4 Å². The maximum Gasteiger partial charge on any atom is 1.00 e. The molecule has 0 fully saturated rings. The first-order chi connectivity index (χ1) is 30.3. The fourth-order valence-corrected chi connectivity index (χ4v) is 10.3. The number of hydrogen-bond donors (Lipinski definition) is 1. The Hall–Kier alpha value is -0.880. The van der Waals surface area contributed by atoms with Crippen LogP contribution in [0.1, 0.15) is 76.3 Å². The van der Waals surface area contributed by atoms with Crippen molar-refractivity contribution in [2.24, 2.45) is 0 Å². The summed E-state index contributed by atoms with van der Waals surface area (Å²) < 4.78 is 161. The molecule has 0 spiro atoms. The molecule has 4 rings (SSSR count). The molecule has 0 saturated carbocycles. The van der Waals surface area contributed by atoms with Crippen LogP contribution in [0.2, 0.25) is 0 Å². The van der Waals surface area contributed by atoms with Crippen molar-refractivity contribution in [1.82, 2.24) is 0 Å². The van der Waals surface area contributed by atoms with Gasteiger partial charge < -0.3 is 42.4 Å². The summed E-state index contributed by atoms with van der Waals surface area (Å²) in [5.74, 6) is -2.35. The molecule has 0 amide bonds. The second-order valence-corrected chi connectivity index (χ2v) is 21.9. The minimum Gasteiger partial charge on any atom is -0.748 e. The summed E-state index contributed by atoms with van der Waals surface area (Å²) in [6.45, 7) is 5.48. The third kappa shape index (κ3) is 18.9. The van der Waals surface area contributed by atoms with Crippen molar-refractivity contribution in [2.75, 3.05) is 69.6 Å². The van der Waals surface area contributed by atoms with Crippen molar-refractivity contribution in [3.05, 3.63) is 83.6 Å². The van der Waals surface area contributed by atoms with Crippen LogP contribution in [0.25, 0.3) is 0 Å². The zero-order valence-electron chi connectivity index (χ0n) is 39.4. The van der Waals surface area contributed by atoms with E-state index in [9.17, 15) is 56.7 Å². The summed E-state index contributed by atoms with van der Waals surface area (Å²) in [6.07, 6.45) is 9.67. The number of unbranched alkanes of at least 4 members (excludes halogenated alkanes) is 2. The number of fused-ring (bicyclic) bond motifs is 2. The summed E-state index contributed by atoms with van der Waals surface area (Å²) in [5, 5.41) is 9.14. The van der Waals surface area contributed by atoms with Crippen LogP contribution < -0.4 is 93.6 Å². The second-order valence-electron chi connectivity index (χ2n) is 16.1. The molecule has 2 heterocycles. The predicted octanol–water partition coefficient (Wildman–Crippen LogP) is -5.39. The van der Waals surface area contributed by atoms with Gasteiger partial charge in [-0.3, -0.25) is 4.79 Å². The molecule has 2 atom stereocenters. The van der Waals surface area contributed by atoms with E-state index in [0.29, 0.717) is 72.9 Å². The van der Waals surface area contributed by atoms with E-state index in [4.69, 9.17) is 19.3 Å². The monoisotopic (exact) mass is 1060 g/mol. The molecule has 68 heavy (non-hydrogen) atoms. The first-order valence-electron chi connectivity index (χ1n) is 20.7. The van der Waals surface area contributed by atoms with Gasteiger partial charge in [0.15, 0.2) is 5.71 Å². The second kappa shape index (κ2) is 28.5. The van der Waals surface area contributed by atoms with Gasteiger partial charge in [0.25, 0.3) is 0 Å². The number of ether oxygens (including phenoxy) is 3. The van der Waals surface area contributed by atoms with Gasteiger partial charge in [-0.25, -0.2) is 33.7 Å². The summed E-state index contributed by atoms with van der Waals surface area (Å²) in [6, 6.07) is 7.80. The molecule has 2 aliphatic heterocycles. The third-order valence-corrected chi connectivity index (χ3v) is 14.6. The van der Waals surface area contributed by atoms with Gasteiger partial charge in [-0.1, -0.05) is 18.2 Å². The summed E-state index contributed by atoms with van der Waals surface area (Å²) in [4.78, 5) is 12.0. The fraction of sp³-hybridized carbons (Fsp3) is 0.524. The van der Waals surface area contributed by atoms with Crippen molar-refractivity contribution < 1.29 is 169 Å². The third-order valence-electron chi connectivity index (χ3n) is 11.4. The van der Waals surface area contributed by atoms with Crippen LogP contribution in [0.5, 0.6) is 0 Å². The van der Waals surface area contributed by atoms with E-state index in [-0.39, 0.29) is 147 Å². The number of allylic oxidation sites excluding steroid dienone is 6. The van der Waals surface area contributed by atoms with E-state index in [1.165, 1.54) is 36.4 Å². The fourth-order valence-electron chi connectivity index (χ4n) is 8.29. The molecular formula is C42H55N2Na3O17S4. The molecule has 2 unspecified atom stereocenters. The summed E-state index contributed by atoms with van der Waals surface area (Å²) in [7, 11) is -17.5. The first kappa shape index (κ1) is 65.1. The van der Waals surface area contributed by atoms with Crippen LogP contribution in [-0.2, 0) is 70.3 Å². The standard InChI is InChI=1S/C42H58N2O17S4.3Na/c1-41(19-10-28-62(47,48)49)34-30-32(64(53,54)55)15-17-36(34)43(21-9-5-8-14-40(45)46)38(41)12-6-4-7-13-39-42(2,20-11-29-63(50,51)52)35-31-33(65(56,57)58)16-18-37(35)44(39)22-23-60-26-27-61-25-24-59-3;;;/h4,6-7,12-13,15-18,30-31H,5,8-11,14,19-29H2,1-3H3,(H4-,45,46,47,48,49,50,51,52,53,54,55,56,57,58);;;/q;3*+1/p-3. The van der Waals surface area contributed by atoms with Gasteiger partial charge in [0.2, 0.25) is 5.69 Å². The Morgan fingerprint density at radius 3 is 1.79 bits per heavy atom. The maximum atomic E-state index is 12.2. The first-order valence-corrected chi connectivity index (χ1v) is 26.7. The predicted molar refractivity (Wildman–Crippen MR) is 234 cm³/mol. The molecule has 0 aliphatic carbocycles. The number of carboxylic acid groups (broad SMARTS) is 1. The van der Waals surface area contributed by atoms with E-state index in [0.717, 1.165) is 0 Å². The van der Waals surface area contributed by atoms with Crippen molar-refractivity contribution in [3.8, 4) is 0 Å². The number of aliphatic carboxylic acids is 1. The molecule has 26 heteroatoms. The van der Waals surface area contributed by atoms with Gasteiger partial charge in [0.05, 0.1) is 68.5 Å². The van der Waals surface area contributed by atoms with Crippen molar-refractivity contribution >= 4 is 63.5 Å². The number of anilines is 1. The molecule has 19 nitrogen and oxygen atoms in total. The van der Waals surface area contributed by atoms with Gasteiger partial charge >= 0.3 is 94.6 Å². The molecular weight excluding hydrogens is 1000 g/mol. The number of methoxy groups -OCH3 is 1. The van der Waals surface area contributed by atoms with Gasteiger partial charge in [-0.15, -0.1) is 0 Å². The minimum atomic E-state index is -4.92. The van der Waals surface area contributed by atoms with Gasteiger partial charge in [0.1, 0.15) is 26.8 Å². The quantitative estimate of drug-likeness (QED) is 0.0274. The van der Waals surface area contributed by atoms with Crippen LogP contribution in [0.3, 0.4) is 0 Å². The van der Waals surface area contributed by atoms with Crippen LogP contribution in [-0.4, -0.2) is 138 Å². The number of benzene rings is 2. The molecule has 0 saturated heterocycles.